The number of anilines is 1. The molecule has 0 aliphatic rings. The van der Waals surface area contributed by atoms with Crippen LogP contribution in [0.4, 0.5) is 10.5 Å². The van der Waals surface area contributed by atoms with Crippen molar-refractivity contribution in [2.75, 3.05) is 19.0 Å². The number of carboxylic acids is 1. The highest BCUT2D eigenvalue weighted by Crippen LogP contribution is 2.29. The van der Waals surface area contributed by atoms with Crippen LogP contribution < -0.4 is 15.4 Å². The number of nitrogens with one attached hydrogen (secondary N) is 2. The minimum absolute atomic E-state index is 0.431. The van der Waals surface area contributed by atoms with Gasteiger partial charge in [0.25, 0.3) is 0 Å². The van der Waals surface area contributed by atoms with Crippen LogP contribution in [0.2, 0.25) is 0 Å². The highest BCUT2D eigenvalue weighted by atomic mass is 16.5. The number of urea groups is 1. The number of methoxy groups -OCH3 is 1. The third-order valence-corrected chi connectivity index (χ3v) is 2.30. The van der Waals surface area contributed by atoms with Crippen LogP contribution in [0.15, 0.2) is 12.1 Å². The maximum atomic E-state index is 11.5. The summed E-state index contributed by atoms with van der Waals surface area (Å²) in [4.78, 5) is 21.8. The molecule has 0 unspecified atom stereocenters. The molecular weight excluding hydrogens is 236 g/mol. The van der Waals surface area contributed by atoms with Crippen molar-refractivity contribution in [2.24, 2.45) is 0 Å². The Morgan fingerprint density at radius 1 is 1.33 bits per heavy atom. The average Bonchev–Trinajstić information content (AvgIpc) is 2.29. The molecule has 0 saturated heterocycles. The van der Waals surface area contributed by atoms with Crippen molar-refractivity contribution < 1.29 is 19.4 Å². The maximum Gasteiger partial charge on any atom is 0.323 e. The zero-order valence-electron chi connectivity index (χ0n) is 10.5. The molecule has 1 aromatic carbocycles. The zero-order valence-corrected chi connectivity index (χ0v) is 10.5. The molecule has 0 heterocycles. The molecule has 18 heavy (non-hydrogen) atoms. The number of rotatable bonds is 4. The number of aliphatic carboxylic acids is 1. The molecule has 0 radical (unpaired) electrons. The third-order valence-electron chi connectivity index (χ3n) is 2.30. The molecule has 2 amide bonds. The zero-order chi connectivity index (χ0) is 13.7. The fourth-order valence-corrected chi connectivity index (χ4v) is 1.56. The first-order chi connectivity index (χ1) is 8.43. The Labute approximate surface area is 105 Å². The molecule has 6 nitrogen and oxygen atoms in total. The standard InChI is InChI=1S/C12H16N2O4/c1-7-4-8(2)11(9(5-7)18-3)14-12(17)13-6-10(15)16/h4-5H,6H2,1-3H3,(H,15,16)(H2,13,14,17). The van der Waals surface area contributed by atoms with E-state index >= 15 is 0 Å². The molecule has 0 aliphatic heterocycles. The smallest absolute Gasteiger partial charge is 0.323 e. The van der Waals surface area contributed by atoms with Crippen LogP contribution in [0.3, 0.4) is 0 Å². The van der Waals surface area contributed by atoms with Crippen molar-refractivity contribution in [3.63, 3.8) is 0 Å². The molecule has 3 N–H and O–H groups in total. The topological polar surface area (TPSA) is 87.7 Å². The molecule has 0 saturated carbocycles. The van der Waals surface area contributed by atoms with Crippen molar-refractivity contribution >= 4 is 17.7 Å². The van der Waals surface area contributed by atoms with E-state index in [4.69, 9.17) is 9.84 Å². The molecule has 0 atom stereocenters. The van der Waals surface area contributed by atoms with E-state index in [0.717, 1.165) is 11.1 Å². The van der Waals surface area contributed by atoms with Crippen LogP contribution in [0.5, 0.6) is 5.75 Å². The molecule has 0 aromatic heterocycles. The van der Waals surface area contributed by atoms with E-state index in [1.807, 2.05) is 19.9 Å². The molecule has 6 heteroatoms. The molecule has 0 fully saturated rings. The van der Waals surface area contributed by atoms with Gasteiger partial charge in [-0.15, -0.1) is 0 Å². The van der Waals surface area contributed by atoms with E-state index in [1.165, 1.54) is 7.11 Å². The van der Waals surface area contributed by atoms with Gasteiger partial charge in [-0.3, -0.25) is 4.79 Å². The first-order valence-electron chi connectivity index (χ1n) is 5.36. The summed E-state index contributed by atoms with van der Waals surface area (Å²) in [6, 6.07) is 3.11. The van der Waals surface area contributed by atoms with Gasteiger partial charge >= 0.3 is 12.0 Å². The predicted octanol–water partition coefficient (Wildman–Crippen LogP) is 1.52. The molecule has 0 spiro atoms. The number of ether oxygens (including phenoxy) is 1. The van der Waals surface area contributed by atoms with Crippen molar-refractivity contribution in [3.8, 4) is 5.75 Å². The van der Waals surface area contributed by atoms with Crippen LogP contribution in [-0.4, -0.2) is 30.8 Å². The SMILES string of the molecule is COc1cc(C)cc(C)c1NC(=O)NCC(=O)O. The van der Waals surface area contributed by atoms with Crippen molar-refractivity contribution in [1.82, 2.24) is 5.32 Å². The van der Waals surface area contributed by atoms with E-state index in [1.54, 1.807) is 6.07 Å². The van der Waals surface area contributed by atoms with E-state index < -0.39 is 18.5 Å². The van der Waals surface area contributed by atoms with E-state index in [0.29, 0.717) is 11.4 Å². The summed E-state index contributed by atoms with van der Waals surface area (Å²) in [5.74, 6) is -0.560. The number of aryl methyl sites for hydroxylation is 2. The minimum atomic E-state index is -1.10. The van der Waals surface area contributed by atoms with Crippen LogP contribution in [0.1, 0.15) is 11.1 Å². The summed E-state index contributed by atoms with van der Waals surface area (Å²) in [7, 11) is 1.51. The molecule has 1 rings (SSSR count). The molecule has 98 valence electrons. The summed E-state index contributed by atoms with van der Waals surface area (Å²) in [5, 5.41) is 13.2. The first-order valence-corrected chi connectivity index (χ1v) is 5.36. The second-order valence-corrected chi connectivity index (χ2v) is 3.86. The Kier molecular flexibility index (Phi) is 4.53. The third kappa shape index (κ3) is 3.65. The van der Waals surface area contributed by atoms with Crippen molar-refractivity contribution in [3.05, 3.63) is 23.3 Å². The number of carbonyl (C=O) groups is 2. The van der Waals surface area contributed by atoms with Crippen molar-refractivity contribution in [2.45, 2.75) is 13.8 Å². The maximum absolute atomic E-state index is 11.5. The van der Waals surface area contributed by atoms with E-state index in [2.05, 4.69) is 10.6 Å². The second kappa shape index (κ2) is 5.90. The normalized spacial score (nSPS) is 9.72. The van der Waals surface area contributed by atoms with Gasteiger partial charge in [0.05, 0.1) is 12.8 Å². The van der Waals surface area contributed by atoms with Crippen LogP contribution in [0, 0.1) is 13.8 Å². The molecular formula is C12H16N2O4. The quantitative estimate of drug-likeness (QED) is 0.758. The van der Waals surface area contributed by atoms with Crippen LogP contribution in [0.25, 0.3) is 0 Å². The number of hydrogen-bond acceptors (Lipinski definition) is 3. The summed E-state index contributed by atoms with van der Waals surface area (Å²) >= 11 is 0. The number of hydrogen-bond donors (Lipinski definition) is 3. The van der Waals surface area contributed by atoms with Crippen LogP contribution >= 0.6 is 0 Å². The lowest BCUT2D eigenvalue weighted by atomic mass is 10.1. The lowest BCUT2D eigenvalue weighted by Crippen LogP contribution is -2.33. The largest absolute Gasteiger partial charge is 0.495 e. The predicted molar refractivity (Wildman–Crippen MR) is 67.1 cm³/mol. The summed E-state index contributed by atoms with van der Waals surface area (Å²) < 4.78 is 5.17. The van der Waals surface area contributed by atoms with Gasteiger partial charge in [0.1, 0.15) is 12.3 Å². The first kappa shape index (κ1) is 13.8. The number of amides is 2. The second-order valence-electron chi connectivity index (χ2n) is 3.86. The highest BCUT2D eigenvalue weighted by molar-refractivity contribution is 5.93. The van der Waals surface area contributed by atoms with Gasteiger partial charge in [-0.1, -0.05) is 6.07 Å². The highest BCUT2D eigenvalue weighted by Gasteiger charge is 2.11. The van der Waals surface area contributed by atoms with Gasteiger partial charge in [0.15, 0.2) is 0 Å². The lowest BCUT2D eigenvalue weighted by molar-refractivity contribution is -0.135. The monoisotopic (exact) mass is 252 g/mol. The number of carbonyl (C=O) groups excluding carboxylic acids is 1. The summed E-state index contributed by atoms with van der Waals surface area (Å²) in [6.45, 7) is 3.32. The van der Waals surface area contributed by atoms with Gasteiger partial charge in [-0.25, -0.2) is 4.79 Å². The van der Waals surface area contributed by atoms with Crippen LogP contribution in [-0.2, 0) is 4.79 Å². The Morgan fingerprint density at radius 3 is 2.56 bits per heavy atom. The fourth-order valence-electron chi connectivity index (χ4n) is 1.56. The van der Waals surface area contributed by atoms with E-state index in [-0.39, 0.29) is 0 Å². The van der Waals surface area contributed by atoms with Gasteiger partial charge < -0.3 is 20.5 Å². The summed E-state index contributed by atoms with van der Waals surface area (Å²) in [5.41, 5.74) is 2.39. The lowest BCUT2D eigenvalue weighted by Gasteiger charge is -2.14. The molecule has 0 bridgehead atoms. The Hall–Kier alpha value is -2.24. The van der Waals surface area contributed by atoms with Gasteiger partial charge in [0, 0.05) is 0 Å². The Morgan fingerprint density at radius 2 is 2.00 bits per heavy atom. The minimum Gasteiger partial charge on any atom is -0.495 e. The van der Waals surface area contributed by atoms with Gasteiger partial charge in [-0.05, 0) is 31.0 Å². The Balaban J connectivity index is 2.83. The molecule has 0 aliphatic carbocycles. The van der Waals surface area contributed by atoms with Crippen molar-refractivity contribution in [1.29, 1.82) is 0 Å². The summed E-state index contributed by atoms with van der Waals surface area (Å²) in [6.07, 6.45) is 0. The molecule has 1 aromatic rings. The van der Waals surface area contributed by atoms with E-state index in [9.17, 15) is 9.59 Å². The van der Waals surface area contributed by atoms with Gasteiger partial charge in [-0.2, -0.15) is 0 Å². The number of benzene rings is 1. The van der Waals surface area contributed by atoms with Gasteiger partial charge in [0.2, 0.25) is 0 Å². The average molecular weight is 252 g/mol. The Bertz CT molecular complexity index is 471. The number of carboxylic acid groups (broad SMARTS) is 1. The fraction of sp³-hybridized carbons (Fsp3) is 0.333.